The Morgan fingerprint density at radius 3 is 2.77 bits per heavy atom. The second-order valence-electron chi connectivity index (χ2n) is 8.08. The summed E-state index contributed by atoms with van der Waals surface area (Å²) in [7, 11) is 0. The number of nitrogens with zero attached hydrogens (tertiary/aromatic N) is 4. The molecule has 3 aromatic heterocycles. The Labute approximate surface area is 186 Å². The molecule has 4 heterocycles. The Kier molecular flexibility index (Phi) is 5.55. The lowest BCUT2D eigenvalue weighted by molar-refractivity contribution is 0.0603. The Balaban J connectivity index is 1.66. The van der Waals surface area contributed by atoms with Crippen LogP contribution in [0.1, 0.15) is 48.7 Å². The highest BCUT2D eigenvalue weighted by Gasteiger charge is 2.31. The second-order valence-corrected chi connectivity index (χ2v) is 9.03. The largest absolute Gasteiger partial charge is 0.334 e. The molecule has 0 N–H and O–H groups in total. The van der Waals surface area contributed by atoms with Gasteiger partial charge in [-0.1, -0.05) is 43.3 Å². The summed E-state index contributed by atoms with van der Waals surface area (Å²) in [6, 6.07) is 16.6. The summed E-state index contributed by atoms with van der Waals surface area (Å²) < 4.78 is 1.89. The highest BCUT2D eigenvalue weighted by Crippen LogP contribution is 2.34. The zero-order valence-corrected chi connectivity index (χ0v) is 18.5. The van der Waals surface area contributed by atoms with Crippen molar-refractivity contribution in [1.29, 1.82) is 0 Å². The van der Waals surface area contributed by atoms with Crippen molar-refractivity contribution in [1.82, 2.24) is 19.7 Å². The van der Waals surface area contributed by atoms with Gasteiger partial charge in [0, 0.05) is 29.2 Å². The first-order valence-corrected chi connectivity index (χ1v) is 11.9. The number of hydrogen-bond acceptors (Lipinski definition) is 4. The number of aromatic nitrogens is 3. The number of carbonyl (C=O) groups is 1. The van der Waals surface area contributed by atoms with E-state index in [4.69, 9.17) is 5.10 Å². The van der Waals surface area contributed by atoms with Crippen LogP contribution in [0.25, 0.3) is 21.5 Å². The molecule has 1 aliphatic heterocycles. The fourth-order valence-electron chi connectivity index (χ4n) is 4.58. The van der Waals surface area contributed by atoms with Crippen molar-refractivity contribution in [2.45, 2.75) is 45.2 Å². The lowest BCUT2D eigenvalue weighted by Crippen LogP contribution is -2.43. The van der Waals surface area contributed by atoms with Gasteiger partial charge >= 0.3 is 0 Å². The van der Waals surface area contributed by atoms with Crippen LogP contribution in [0.15, 0.2) is 60.1 Å². The number of carbonyl (C=O) groups excluding carboxylic acids is 1. The summed E-state index contributed by atoms with van der Waals surface area (Å²) in [5.41, 5.74) is 3.47. The van der Waals surface area contributed by atoms with Crippen LogP contribution in [0.3, 0.4) is 0 Å². The minimum atomic E-state index is 0.0363. The summed E-state index contributed by atoms with van der Waals surface area (Å²) >= 11 is 1.68. The molecule has 5 rings (SSSR count). The Morgan fingerprint density at radius 1 is 1.13 bits per heavy atom. The van der Waals surface area contributed by atoms with E-state index in [1.807, 2.05) is 46.1 Å². The van der Waals surface area contributed by atoms with Gasteiger partial charge in [-0.3, -0.25) is 4.79 Å². The van der Waals surface area contributed by atoms with Crippen molar-refractivity contribution in [2.75, 3.05) is 6.54 Å². The molecule has 31 heavy (non-hydrogen) atoms. The van der Waals surface area contributed by atoms with Gasteiger partial charge in [0.1, 0.15) is 0 Å². The molecule has 0 radical (unpaired) electrons. The molecular weight excluding hydrogens is 404 g/mol. The van der Waals surface area contributed by atoms with E-state index in [0.29, 0.717) is 12.2 Å². The van der Waals surface area contributed by atoms with Crippen molar-refractivity contribution in [3.05, 3.63) is 71.4 Å². The van der Waals surface area contributed by atoms with Crippen LogP contribution in [0.2, 0.25) is 0 Å². The minimum absolute atomic E-state index is 0.0363. The van der Waals surface area contributed by atoms with Crippen LogP contribution in [0.4, 0.5) is 0 Å². The lowest BCUT2D eigenvalue weighted by Gasteiger charge is -2.34. The van der Waals surface area contributed by atoms with Crippen molar-refractivity contribution < 1.29 is 4.79 Å². The smallest absolute Gasteiger partial charge is 0.275 e. The molecule has 1 amide bonds. The summed E-state index contributed by atoms with van der Waals surface area (Å²) in [5, 5.41) is 7.80. The predicted molar refractivity (Wildman–Crippen MR) is 125 cm³/mol. The minimum Gasteiger partial charge on any atom is -0.334 e. The van der Waals surface area contributed by atoms with Crippen molar-refractivity contribution in [3.8, 4) is 10.4 Å². The average Bonchev–Trinajstić information content (AvgIpc) is 3.48. The number of piperidine rings is 1. The third kappa shape index (κ3) is 3.76. The van der Waals surface area contributed by atoms with Gasteiger partial charge in [0.2, 0.25) is 0 Å². The first kappa shape index (κ1) is 19.9. The topological polar surface area (TPSA) is 51.0 Å². The van der Waals surface area contributed by atoms with E-state index >= 15 is 0 Å². The van der Waals surface area contributed by atoms with E-state index in [2.05, 4.69) is 35.5 Å². The molecular formula is C25H26N4OS. The molecule has 1 saturated heterocycles. The predicted octanol–water partition coefficient (Wildman–Crippen LogP) is 5.61. The van der Waals surface area contributed by atoms with Gasteiger partial charge < -0.3 is 4.90 Å². The van der Waals surface area contributed by atoms with Gasteiger partial charge in [0.15, 0.2) is 11.3 Å². The third-order valence-electron chi connectivity index (χ3n) is 6.16. The van der Waals surface area contributed by atoms with Crippen LogP contribution < -0.4 is 0 Å². The van der Waals surface area contributed by atoms with E-state index in [1.165, 1.54) is 6.42 Å². The number of rotatable bonds is 5. The van der Waals surface area contributed by atoms with E-state index in [-0.39, 0.29) is 11.9 Å². The number of thiophene rings is 1. The number of benzene rings is 1. The number of likely N-dealkylation sites (tertiary alicyclic amines) is 1. The van der Waals surface area contributed by atoms with E-state index in [9.17, 15) is 4.79 Å². The van der Waals surface area contributed by atoms with E-state index in [1.54, 1.807) is 11.3 Å². The maximum absolute atomic E-state index is 13.8. The van der Waals surface area contributed by atoms with Crippen molar-refractivity contribution >= 4 is 28.3 Å². The summed E-state index contributed by atoms with van der Waals surface area (Å²) in [6.07, 6.45) is 6.12. The summed E-state index contributed by atoms with van der Waals surface area (Å²) in [4.78, 5) is 21.6. The second kappa shape index (κ2) is 8.63. The monoisotopic (exact) mass is 430 g/mol. The molecule has 1 aromatic carbocycles. The lowest BCUT2D eigenvalue weighted by atomic mass is 9.99. The Hall–Kier alpha value is -2.99. The number of pyridine rings is 1. The third-order valence-corrected chi connectivity index (χ3v) is 7.06. The van der Waals surface area contributed by atoms with Crippen LogP contribution in [0.5, 0.6) is 0 Å². The molecule has 0 aliphatic carbocycles. The molecule has 0 bridgehead atoms. The average molecular weight is 431 g/mol. The number of hydrogen-bond donors (Lipinski definition) is 0. The fourth-order valence-corrected chi connectivity index (χ4v) is 5.34. The van der Waals surface area contributed by atoms with Crippen LogP contribution in [-0.4, -0.2) is 38.2 Å². The quantitative estimate of drug-likeness (QED) is 0.413. The molecule has 1 fully saturated rings. The number of fused-ring (bicyclic) bond motifs is 1. The molecule has 158 valence electrons. The SMILES string of the molecule is CC[C@H]1CCCCN1C(=O)c1nn(Cc2ccccc2)c2nccc(-c3cccs3)c12. The maximum atomic E-state index is 13.8. The fraction of sp³-hybridized carbons (Fsp3) is 0.320. The molecule has 0 unspecified atom stereocenters. The molecule has 4 aromatic rings. The molecule has 1 aliphatic rings. The zero-order valence-electron chi connectivity index (χ0n) is 17.7. The van der Waals surface area contributed by atoms with Crippen molar-refractivity contribution in [2.24, 2.45) is 0 Å². The molecule has 6 heteroatoms. The highest BCUT2D eigenvalue weighted by atomic mass is 32.1. The van der Waals surface area contributed by atoms with Gasteiger partial charge in [0.25, 0.3) is 5.91 Å². The standard InChI is InChI=1S/C25H26N4OS/c1-2-19-11-6-7-15-28(19)25(30)23-22-20(21-12-8-16-31-21)13-14-26-24(22)29(27-23)17-18-9-4-3-5-10-18/h3-5,8-10,12-14,16,19H,2,6-7,11,15,17H2,1H3/t19-/m0/s1. The van der Waals surface area contributed by atoms with Gasteiger partial charge in [-0.25, -0.2) is 9.67 Å². The van der Waals surface area contributed by atoms with Gasteiger partial charge in [-0.05, 0) is 48.8 Å². The molecule has 5 nitrogen and oxygen atoms in total. The molecule has 1 atom stereocenters. The summed E-state index contributed by atoms with van der Waals surface area (Å²) in [5.74, 6) is 0.0363. The summed E-state index contributed by atoms with van der Waals surface area (Å²) in [6.45, 7) is 3.56. The van der Waals surface area contributed by atoms with Crippen LogP contribution in [-0.2, 0) is 6.54 Å². The van der Waals surface area contributed by atoms with E-state index < -0.39 is 0 Å². The maximum Gasteiger partial charge on any atom is 0.275 e. The number of amides is 1. The molecule has 0 spiro atoms. The van der Waals surface area contributed by atoms with Gasteiger partial charge in [-0.2, -0.15) is 5.10 Å². The Bertz CT molecular complexity index is 1180. The normalized spacial score (nSPS) is 16.7. The van der Waals surface area contributed by atoms with Gasteiger partial charge in [-0.15, -0.1) is 11.3 Å². The zero-order chi connectivity index (χ0) is 21.2. The van der Waals surface area contributed by atoms with Gasteiger partial charge in [0.05, 0.1) is 11.9 Å². The molecule has 0 saturated carbocycles. The first-order chi connectivity index (χ1) is 15.3. The van der Waals surface area contributed by atoms with Crippen LogP contribution >= 0.6 is 11.3 Å². The highest BCUT2D eigenvalue weighted by molar-refractivity contribution is 7.13. The van der Waals surface area contributed by atoms with Crippen LogP contribution in [0, 0.1) is 0 Å². The van der Waals surface area contributed by atoms with Crippen molar-refractivity contribution in [3.63, 3.8) is 0 Å². The Morgan fingerprint density at radius 2 is 2.00 bits per heavy atom. The van der Waals surface area contributed by atoms with E-state index in [0.717, 1.165) is 52.8 Å². The first-order valence-electron chi connectivity index (χ1n) is 11.0.